The van der Waals surface area contributed by atoms with Gasteiger partial charge >= 0.3 is 5.97 Å². The quantitative estimate of drug-likeness (QED) is 0.507. The van der Waals surface area contributed by atoms with Crippen LogP contribution in [-0.2, 0) is 9.53 Å². The molecule has 0 aliphatic carbocycles. The predicted molar refractivity (Wildman–Crippen MR) is 56.3 cm³/mol. The molecule has 3 nitrogen and oxygen atoms in total. The summed E-state index contributed by atoms with van der Waals surface area (Å²) in [6.45, 7) is 7.20. The molecule has 0 aliphatic rings. The van der Waals surface area contributed by atoms with Gasteiger partial charge in [-0.15, -0.1) is 0 Å². The number of hydrogen-bond donors (Lipinski definition) is 1. The molecule has 0 radical (unpaired) electrons. The maximum atomic E-state index is 10.6. The van der Waals surface area contributed by atoms with Gasteiger partial charge in [0.25, 0.3) is 0 Å². The molecule has 0 rings (SSSR count). The van der Waals surface area contributed by atoms with Crippen LogP contribution in [0.1, 0.15) is 33.6 Å². The summed E-state index contributed by atoms with van der Waals surface area (Å²) in [4.78, 5) is 10.6. The molecule has 0 aromatic carbocycles. The van der Waals surface area contributed by atoms with Crippen LogP contribution < -0.4 is 0 Å². The fourth-order valence-corrected chi connectivity index (χ4v) is 0.945. The van der Waals surface area contributed by atoms with E-state index in [-0.39, 0.29) is 0 Å². The Morgan fingerprint density at radius 2 is 2.14 bits per heavy atom. The minimum absolute atomic E-state index is 0.405. The fraction of sp³-hybridized carbons (Fsp3) is 0.727. The van der Waals surface area contributed by atoms with Crippen LogP contribution in [0.2, 0.25) is 0 Å². The van der Waals surface area contributed by atoms with Gasteiger partial charge in [0.2, 0.25) is 0 Å². The second-order valence-electron chi connectivity index (χ2n) is 3.65. The lowest BCUT2D eigenvalue weighted by molar-refractivity contribution is -0.132. The van der Waals surface area contributed by atoms with E-state index in [2.05, 4.69) is 13.8 Å². The van der Waals surface area contributed by atoms with Gasteiger partial charge < -0.3 is 9.84 Å². The minimum Gasteiger partial charge on any atom is -0.478 e. The Labute approximate surface area is 85.8 Å². The van der Waals surface area contributed by atoms with Crippen LogP contribution in [0.25, 0.3) is 0 Å². The van der Waals surface area contributed by atoms with Gasteiger partial charge in [-0.1, -0.05) is 20.8 Å². The molecule has 14 heavy (non-hydrogen) atoms. The summed E-state index contributed by atoms with van der Waals surface area (Å²) in [6, 6.07) is 0. The van der Waals surface area contributed by atoms with Gasteiger partial charge in [-0.25, -0.2) is 4.79 Å². The van der Waals surface area contributed by atoms with Gasteiger partial charge in [0.05, 0.1) is 6.61 Å². The minimum atomic E-state index is -0.847. The summed E-state index contributed by atoms with van der Waals surface area (Å²) < 4.78 is 5.29. The molecule has 82 valence electrons. The van der Waals surface area contributed by atoms with Crippen molar-refractivity contribution in [2.75, 3.05) is 13.2 Å². The van der Waals surface area contributed by atoms with Crippen molar-refractivity contribution in [3.63, 3.8) is 0 Å². The highest BCUT2D eigenvalue weighted by Gasteiger charge is 2.02. The molecule has 0 heterocycles. The summed E-state index contributed by atoms with van der Waals surface area (Å²) in [5.41, 5.74) is 0.426. The summed E-state index contributed by atoms with van der Waals surface area (Å²) in [5, 5.41) is 8.69. The highest BCUT2D eigenvalue weighted by molar-refractivity contribution is 5.86. The average Bonchev–Trinajstić information content (AvgIpc) is 2.10. The van der Waals surface area contributed by atoms with E-state index >= 15 is 0 Å². The number of aliphatic carboxylic acids is 1. The largest absolute Gasteiger partial charge is 0.478 e. The Morgan fingerprint density at radius 3 is 2.57 bits per heavy atom. The molecule has 3 heteroatoms. The van der Waals surface area contributed by atoms with Crippen molar-refractivity contribution < 1.29 is 14.6 Å². The van der Waals surface area contributed by atoms with Crippen LogP contribution in [0.5, 0.6) is 0 Å². The first-order valence-electron chi connectivity index (χ1n) is 5.08. The lowest BCUT2D eigenvalue weighted by Crippen LogP contribution is -2.03. The number of carboxylic acids is 1. The molecule has 0 aliphatic heterocycles. The molecule has 0 saturated heterocycles. The lowest BCUT2D eigenvalue weighted by Gasteiger charge is -2.04. The van der Waals surface area contributed by atoms with Gasteiger partial charge in [-0.3, -0.25) is 0 Å². The number of carbonyl (C=O) groups is 1. The normalized spacial score (nSPS) is 12.1. The van der Waals surface area contributed by atoms with Crippen molar-refractivity contribution >= 4 is 5.97 Å². The Balaban J connectivity index is 3.64. The van der Waals surface area contributed by atoms with Gasteiger partial charge in [-0.05, 0) is 24.8 Å². The zero-order valence-corrected chi connectivity index (χ0v) is 9.25. The highest BCUT2D eigenvalue weighted by atomic mass is 16.5. The van der Waals surface area contributed by atoms with Crippen LogP contribution in [-0.4, -0.2) is 24.3 Å². The van der Waals surface area contributed by atoms with E-state index in [1.165, 1.54) is 0 Å². The third kappa shape index (κ3) is 6.66. The first kappa shape index (κ1) is 13.2. The molecule has 0 spiro atoms. The van der Waals surface area contributed by atoms with Crippen LogP contribution in [0.3, 0.4) is 0 Å². The van der Waals surface area contributed by atoms with E-state index in [1.807, 2.05) is 6.92 Å². The van der Waals surface area contributed by atoms with E-state index in [4.69, 9.17) is 9.84 Å². The average molecular weight is 200 g/mol. The Hall–Kier alpha value is -0.830. The Morgan fingerprint density at radius 1 is 1.50 bits per heavy atom. The van der Waals surface area contributed by atoms with Crippen molar-refractivity contribution in [2.24, 2.45) is 5.92 Å². The molecule has 0 unspecified atom stereocenters. The lowest BCUT2D eigenvalue weighted by atomic mass is 10.1. The highest BCUT2D eigenvalue weighted by Crippen LogP contribution is 2.02. The van der Waals surface area contributed by atoms with Crippen LogP contribution in [0.15, 0.2) is 11.6 Å². The third-order valence-corrected chi connectivity index (χ3v) is 1.94. The van der Waals surface area contributed by atoms with Crippen molar-refractivity contribution in [1.82, 2.24) is 0 Å². The molecule has 0 bridgehead atoms. The van der Waals surface area contributed by atoms with Crippen LogP contribution in [0, 0.1) is 5.92 Å². The van der Waals surface area contributed by atoms with Crippen LogP contribution >= 0.6 is 0 Å². The fourth-order valence-electron chi connectivity index (χ4n) is 0.945. The monoisotopic (exact) mass is 200 g/mol. The number of rotatable bonds is 7. The maximum Gasteiger partial charge on any atom is 0.331 e. The van der Waals surface area contributed by atoms with Gasteiger partial charge in [0, 0.05) is 12.2 Å². The summed E-state index contributed by atoms with van der Waals surface area (Å²) in [7, 11) is 0. The van der Waals surface area contributed by atoms with E-state index in [1.54, 1.807) is 6.08 Å². The molecule has 1 N–H and O–H groups in total. The zero-order valence-electron chi connectivity index (χ0n) is 9.25. The zero-order chi connectivity index (χ0) is 11.0. The molecule has 0 saturated carbocycles. The standard InChI is InChI=1S/C11H20O3/c1-4-10(11(12)13)6-8-14-7-5-9(2)3/h6,9H,4-5,7-8H2,1-3H3,(H,12,13). The summed E-state index contributed by atoms with van der Waals surface area (Å²) >= 11 is 0. The molecule has 0 aromatic heterocycles. The van der Waals surface area contributed by atoms with Gasteiger partial charge in [-0.2, -0.15) is 0 Å². The van der Waals surface area contributed by atoms with E-state index < -0.39 is 5.97 Å². The van der Waals surface area contributed by atoms with Gasteiger partial charge in [0.15, 0.2) is 0 Å². The molecular formula is C11H20O3. The van der Waals surface area contributed by atoms with Crippen molar-refractivity contribution in [3.8, 4) is 0 Å². The number of carboxylic acid groups (broad SMARTS) is 1. The topological polar surface area (TPSA) is 46.5 Å². The smallest absolute Gasteiger partial charge is 0.331 e. The van der Waals surface area contributed by atoms with E-state index in [0.717, 1.165) is 6.42 Å². The van der Waals surface area contributed by atoms with E-state index in [0.29, 0.717) is 31.1 Å². The van der Waals surface area contributed by atoms with Crippen molar-refractivity contribution in [2.45, 2.75) is 33.6 Å². The van der Waals surface area contributed by atoms with Crippen molar-refractivity contribution in [3.05, 3.63) is 11.6 Å². The maximum absolute atomic E-state index is 10.6. The van der Waals surface area contributed by atoms with E-state index in [9.17, 15) is 4.79 Å². The second kappa shape index (κ2) is 7.56. The van der Waals surface area contributed by atoms with Gasteiger partial charge in [0.1, 0.15) is 0 Å². The first-order valence-corrected chi connectivity index (χ1v) is 5.08. The van der Waals surface area contributed by atoms with Crippen LogP contribution in [0.4, 0.5) is 0 Å². The first-order chi connectivity index (χ1) is 6.57. The van der Waals surface area contributed by atoms with Crippen molar-refractivity contribution in [1.29, 1.82) is 0 Å². The number of hydrogen-bond acceptors (Lipinski definition) is 2. The third-order valence-electron chi connectivity index (χ3n) is 1.94. The summed E-state index contributed by atoms with van der Waals surface area (Å²) in [6.07, 6.45) is 3.20. The second-order valence-corrected chi connectivity index (χ2v) is 3.65. The number of ether oxygens (including phenoxy) is 1. The Bertz CT molecular complexity index is 195. The molecule has 0 aromatic rings. The summed E-state index contributed by atoms with van der Waals surface area (Å²) in [5.74, 6) is -0.218. The molecule has 0 atom stereocenters. The molecule has 0 amide bonds. The SMILES string of the molecule is CCC(=CCOCCC(C)C)C(=O)O. The molecule has 0 fully saturated rings. The molecular weight excluding hydrogens is 180 g/mol. The predicted octanol–water partition coefficient (Wildman–Crippen LogP) is 2.47. The Kier molecular flexibility index (Phi) is 7.11.